The van der Waals surface area contributed by atoms with Crippen molar-refractivity contribution < 1.29 is 14.3 Å². The lowest BCUT2D eigenvalue weighted by molar-refractivity contribution is -0.123. The Morgan fingerprint density at radius 1 is 1.29 bits per heavy atom. The van der Waals surface area contributed by atoms with E-state index in [2.05, 4.69) is 26.1 Å². The van der Waals surface area contributed by atoms with E-state index in [1.165, 1.54) is 0 Å². The quantitative estimate of drug-likeness (QED) is 0.675. The van der Waals surface area contributed by atoms with Gasteiger partial charge in [0.25, 0.3) is 5.91 Å². The van der Waals surface area contributed by atoms with Gasteiger partial charge in [0.15, 0.2) is 6.61 Å². The third-order valence-corrected chi connectivity index (χ3v) is 2.95. The van der Waals surface area contributed by atoms with Crippen molar-refractivity contribution in [2.75, 3.05) is 26.4 Å². The minimum atomic E-state index is -0.0928. The van der Waals surface area contributed by atoms with Gasteiger partial charge in [-0.15, -0.1) is 0 Å². The molecule has 1 rings (SSSR count). The molecule has 0 aliphatic heterocycles. The van der Waals surface area contributed by atoms with E-state index in [1.54, 1.807) is 0 Å². The van der Waals surface area contributed by atoms with Crippen LogP contribution in [0, 0.1) is 5.92 Å². The van der Waals surface area contributed by atoms with Gasteiger partial charge in [0.1, 0.15) is 5.75 Å². The van der Waals surface area contributed by atoms with Gasteiger partial charge in [0.05, 0.1) is 0 Å². The van der Waals surface area contributed by atoms with Gasteiger partial charge in [-0.25, -0.2) is 0 Å². The number of amides is 1. The molecular formula is C17H27NO3. The first-order chi connectivity index (χ1) is 10.1. The summed E-state index contributed by atoms with van der Waals surface area (Å²) in [5.74, 6) is 1.24. The molecule has 0 fully saturated rings. The van der Waals surface area contributed by atoms with Gasteiger partial charge in [-0.2, -0.15) is 0 Å². The van der Waals surface area contributed by atoms with Crippen molar-refractivity contribution in [2.45, 2.75) is 33.6 Å². The fourth-order valence-corrected chi connectivity index (χ4v) is 1.85. The summed E-state index contributed by atoms with van der Waals surface area (Å²) in [6, 6.07) is 7.80. The summed E-state index contributed by atoms with van der Waals surface area (Å²) < 4.78 is 11.0. The molecule has 0 saturated heterocycles. The maximum absolute atomic E-state index is 11.7. The molecule has 1 aromatic carbocycles. The van der Waals surface area contributed by atoms with Gasteiger partial charge in [-0.3, -0.25) is 4.79 Å². The molecular weight excluding hydrogens is 266 g/mol. The van der Waals surface area contributed by atoms with Crippen LogP contribution in [0.1, 0.15) is 32.8 Å². The van der Waals surface area contributed by atoms with Crippen molar-refractivity contribution in [3.63, 3.8) is 0 Å². The minimum absolute atomic E-state index is 0.0594. The summed E-state index contributed by atoms with van der Waals surface area (Å²) in [6.45, 7) is 8.43. The van der Waals surface area contributed by atoms with Gasteiger partial charge in [0.2, 0.25) is 0 Å². The molecule has 1 aromatic rings. The standard InChI is InChI=1S/C17H27NO3/c1-4-15-8-5-6-9-16(15)21-13-17(19)18-10-7-11-20-12-14(2)3/h5-6,8-9,14H,4,7,10-13H2,1-3H3,(H,18,19). The number of para-hydroxylation sites is 1. The van der Waals surface area contributed by atoms with E-state index in [-0.39, 0.29) is 12.5 Å². The molecule has 0 aliphatic carbocycles. The van der Waals surface area contributed by atoms with Gasteiger partial charge in [-0.05, 0) is 30.4 Å². The zero-order valence-corrected chi connectivity index (χ0v) is 13.4. The number of nitrogens with one attached hydrogen (secondary N) is 1. The molecule has 1 N–H and O–H groups in total. The lowest BCUT2D eigenvalue weighted by atomic mass is 10.1. The molecule has 1 amide bonds. The molecule has 0 heterocycles. The van der Waals surface area contributed by atoms with Crippen LogP contribution in [0.25, 0.3) is 0 Å². The summed E-state index contributed by atoms with van der Waals surface area (Å²) in [6.07, 6.45) is 1.72. The summed E-state index contributed by atoms with van der Waals surface area (Å²) >= 11 is 0. The second-order valence-corrected chi connectivity index (χ2v) is 5.42. The maximum atomic E-state index is 11.7. The van der Waals surface area contributed by atoms with Crippen LogP contribution in [0.4, 0.5) is 0 Å². The highest BCUT2D eigenvalue weighted by atomic mass is 16.5. The fourth-order valence-electron chi connectivity index (χ4n) is 1.85. The molecule has 0 radical (unpaired) electrons. The van der Waals surface area contributed by atoms with Crippen LogP contribution < -0.4 is 10.1 Å². The first-order valence-corrected chi connectivity index (χ1v) is 7.68. The molecule has 0 aliphatic rings. The van der Waals surface area contributed by atoms with E-state index in [0.717, 1.165) is 30.8 Å². The van der Waals surface area contributed by atoms with E-state index < -0.39 is 0 Å². The molecule has 21 heavy (non-hydrogen) atoms. The largest absolute Gasteiger partial charge is 0.483 e. The Morgan fingerprint density at radius 2 is 2.05 bits per heavy atom. The van der Waals surface area contributed by atoms with Crippen LogP contribution >= 0.6 is 0 Å². The smallest absolute Gasteiger partial charge is 0.257 e. The Labute approximate surface area is 127 Å². The number of carbonyl (C=O) groups excluding carboxylic acids is 1. The number of rotatable bonds is 10. The Bertz CT molecular complexity index is 418. The Kier molecular flexibility index (Phi) is 8.51. The van der Waals surface area contributed by atoms with Gasteiger partial charge < -0.3 is 14.8 Å². The SMILES string of the molecule is CCc1ccccc1OCC(=O)NCCCOCC(C)C. The van der Waals surface area contributed by atoms with E-state index >= 15 is 0 Å². The summed E-state index contributed by atoms with van der Waals surface area (Å²) in [5, 5.41) is 2.83. The second-order valence-electron chi connectivity index (χ2n) is 5.42. The normalized spacial score (nSPS) is 10.7. The van der Waals surface area contributed by atoms with Crippen molar-refractivity contribution in [3.8, 4) is 5.75 Å². The monoisotopic (exact) mass is 293 g/mol. The number of hydrogen-bond donors (Lipinski definition) is 1. The topological polar surface area (TPSA) is 47.6 Å². The molecule has 0 saturated carbocycles. The van der Waals surface area contributed by atoms with Crippen LogP contribution in [0.2, 0.25) is 0 Å². The van der Waals surface area contributed by atoms with E-state index in [9.17, 15) is 4.79 Å². The summed E-state index contributed by atoms with van der Waals surface area (Å²) in [7, 11) is 0. The zero-order valence-electron chi connectivity index (χ0n) is 13.4. The van der Waals surface area contributed by atoms with Gasteiger partial charge in [-0.1, -0.05) is 39.0 Å². The van der Waals surface area contributed by atoms with Gasteiger partial charge in [0, 0.05) is 19.8 Å². The molecule has 0 spiro atoms. The molecule has 0 unspecified atom stereocenters. The number of carbonyl (C=O) groups is 1. The van der Waals surface area contributed by atoms with Crippen LogP contribution in [0.5, 0.6) is 5.75 Å². The maximum Gasteiger partial charge on any atom is 0.257 e. The van der Waals surface area contributed by atoms with Crippen molar-refractivity contribution in [3.05, 3.63) is 29.8 Å². The van der Waals surface area contributed by atoms with Crippen molar-refractivity contribution in [2.24, 2.45) is 5.92 Å². The third-order valence-electron chi connectivity index (χ3n) is 2.95. The highest BCUT2D eigenvalue weighted by molar-refractivity contribution is 5.77. The lowest BCUT2D eigenvalue weighted by Crippen LogP contribution is -2.30. The molecule has 0 aromatic heterocycles. The number of ether oxygens (including phenoxy) is 2. The van der Waals surface area contributed by atoms with Crippen molar-refractivity contribution in [1.82, 2.24) is 5.32 Å². The minimum Gasteiger partial charge on any atom is -0.483 e. The summed E-state index contributed by atoms with van der Waals surface area (Å²) in [4.78, 5) is 11.7. The number of aryl methyl sites for hydroxylation is 1. The fraction of sp³-hybridized carbons (Fsp3) is 0.588. The predicted molar refractivity (Wildman–Crippen MR) is 84.6 cm³/mol. The molecule has 0 bridgehead atoms. The third kappa shape index (κ3) is 7.71. The highest BCUT2D eigenvalue weighted by Gasteiger charge is 2.05. The Balaban J connectivity index is 2.14. The molecule has 118 valence electrons. The molecule has 0 atom stereocenters. The van der Waals surface area contributed by atoms with Gasteiger partial charge >= 0.3 is 0 Å². The van der Waals surface area contributed by atoms with E-state index in [0.29, 0.717) is 19.1 Å². The lowest BCUT2D eigenvalue weighted by Gasteiger charge is -2.11. The number of hydrogen-bond acceptors (Lipinski definition) is 3. The first kappa shape index (κ1) is 17.5. The van der Waals surface area contributed by atoms with Crippen molar-refractivity contribution in [1.29, 1.82) is 0 Å². The van der Waals surface area contributed by atoms with Crippen LogP contribution in [0.3, 0.4) is 0 Å². The average Bonchev–Trinajstić information content (AvgIpc) is 2.48. The van der Waals surface area contributed by atoms with E-state index in [1.807, 2.05) is 24.3 Å². The van der Waals surface area contributed by atoms with Crippen LogP contribution in [0.15, 0.2) is 24.3 Å². The average molecular weight is 293 g/mol. The van der Waals surface area contributed by atoms with Crippen molar-refractivity contribution >= 4 is 5.91 Å². The first-order valence-electron chi connectivity index (χ1n) is 7.68. The predicted octanol–water partition coefficient (Wildman–Crippen LogP) is 2.81. The zero-order chi connectivity index (χ0) is 15.5. The molecule has 4 heteroatoms. The second kappa shape index (κ2) is 10.2. The highest BCUT2D eigenvalue weighted by Crippen LogP contribution is 2.17. The number of benzene rings is 1. The summed E-state index contributed by atoms with van der Waals surface area (Å²) in [5.41, 5.74) is 1.12. The van der Waals surface area contributed by atoms with Crippen LogP contribution in [-0.4, -0.2) is 32.3 Å². The Hall–Kier alpha value is -1.55. The van der Waals surface area contributed by atoms with E-state index in [4.69, 9.17) is 9.47 Å². The molecule has 4 nitrogen and oxygen atoms in total. The van der Waals surface area contributed by atoms with Crippen LogP contribution in [-0.2, 0) is 16.0 Å². The Morgan fingerprint density at radius 3 is 2.76 bits per heavy atom.